The van der Waals surface area contributed by atoms with E-state index in [1.54, 1.807) is 0 Å². The molecular formula is C14H16N+. The summed E-state index contributed by atoms with van der Waals surface area (Å²) < 4.78 is 2.16. The highest BCUT2D eigenvalue weighted by Crippen LogP contribution is 2.19. The second-order valence-corrected chi connectivity index (χ2v) is 4.02. The molecule has 2 aromatic rings. The van der Waals surface area contributed by atoms with Gasteiger partial charge in [-0.15, -0.1) is 0 Å². The molecule has 0 radical (unpaired) electrons. The van der Waals surface area contributed by atoms with E-state index in [0.717, 1.165) is 0 Å². The second kappa shape index (κ2) is 3.85. The Kier molecular flexibility index (Phi) is 2.55. The van der Waals surface area contributed by atoms with Crippen LogP contribution >= 0.6 is 0 Å². The van der Waals surface area contributed by atoms with Crippen molar-refractivity contribution in [1.82, 2.24) is 0 Å². The van der Waals surface area contributed by atoms with Crippen LogP contribution in [-0.2, 0) is 7.05 Å². The molecule has 1 nitrogen and oxygen atoms in total. The van der Waals surface area contributed by atoms with Gasteiger partial charge < -0.3 is 0 Å². The normalized spacial score (nSPS) is 10.3. The molecule has 0 bridgehead atoms. The Morgan fingerprint density at radius 3 is 2.47 bits per heavy atom. The van der Waals surface area contributed by atoms with Gasteiger partial charge in [-0.05, 0) is 31.0 Å². The minimum Gasteiger partial charge on any atom is -0.201 e. The van der Waals surface area contributed by atoms with E-state index in [1.165, 1.54) is 22.4 Å². The zero-order valence-electron chi connectivity index (χ0n) is 9.49. The average Bonchev–Trinajstić information content (AvgIpc) is 2.23. The first-order valence-electron chi connectivity index (χ1n) is 5.21. The Hall–Kier alpha value is -1.63. The molecule has 0 amide bonds. The predicted octanol–water partition coefficient (Wildman–Crippen LogP) is 2.79. The van der Waals surface area contributed by atoms with Gasteiger partial charge in [0, 0.05) is 17.7 Å². The quantitative estimate of drug-likeness (QED) is 0.620. The van der Waals surface area contributed by atoms with Gasteiger partial charge >= 0.3 is 0 Å². The van der Waals surface area contributed by atoms with E-state index in [2.05, 4.69) is 68.1 Å². The van der Waals surface area contributed by atoms with E-state index >= 15 is 0 Å². The van der Waals surface area contributed by atoms with E-state index < -0.39 is 0 Å². The number of nitrogens with zero attached hydrogens (tertiary/aromatic N) is 1. The molecule has 0 aliphatic heterocycles. The minimum absolute atomic E-state index is 1.27. The van der Waals surface area contributed by atoms with Gasteiger partial charge in [-0.25, -0.2) is 4.57 Å². The van der Waals surface area contributed by atoms with E-state index in [-0.39, 0.29) is 0 Å². The van der Waals surface area contributed by atoms with E-state index in [9.17, 15) is 0 Å². The summed E-state index contributed by atoms with van der Waals surface area (Å²) in [6, 6.07) is 12.8. The molecule has 15 heavy (non-hydrogen) atoms. The minimum atomic E-state index is 1.27. The van der Waals surface area contributed by atoms with Crippen molar-refractivity contribution in [3.63, 3.8) is 0 Å². The lowest BCUT2D eigenvalue weighted by Crippen LogP contribution is -2.30. The average molecular weight is 198 g/mol. The van der Waals surface area contributed by atoms with Crippen LogP contribution in [0.4, 0.5) is 0 Å². The van der Waals surface area contributed by atoms with Gasteiger partial charge in [-0.1, -0.05) is 18.2 Å². The number of pyridine rings is 1. The smallest absolute Gasteiger partial charge is 0.201 e. The largest absolute Gasteiger partial charge is 0.212 e. The van der Waals surface area contributed by atoms with Crippen LogP contribution in [0.3, 0.4) is 0 Å². The van der Waals surface area contributed by atoms with Crippen LogP contribution in [0.2, 0.25) is 0 Å². The Balaban J connectivity index is 2.64. The summed E-state index contributed by atoms with van der Waals surface area (Å²) in [6.07, 6.45) is 2.11. The molecule has 1 aromatic heterocycles. The van der Waals surface area contributed by atoms with Crippen molar-refractivity contribution in [3.05, 3.63) is 53.7 Å². The fourth-order valence-electron chi connectivity index (χ4n) is 1.80. The molecule has 0 unspecified atom stereocenters. The number of hydrogen-bond donors (Lipinski definition) is 0. The summed E-state index contributed by atoms with van der Waals surface area (Å²) in [5.41, 5.74) is 5.20. The first kappa shape index (κ1) is 9.91. The van der Waals surface area contributed by atoms with Gasteiger partial charge in [0.25, 0.3) is 0 Å². The van der Waals surface area contributed by atoms with Crippen molar-refractivity contribution in [2.75, 3.05) is 0 Å². The molecule has 0 saturated heterocycles. The molecule has 0 saturated carbocycles. The highest BCUT2D eigenvalue weighted by Gasteiger charge is 2.10. The maximum atomic E-state index is 2.22. The fourth-order valence-corrected chi connectivity index (χ4v) is 1.80. The molecule has 0 N–H and O–H groups in total. The zero-order chi connectivity index (χ0) is 10.8. The maximum Gasteiger partial charge on any atom is 0.212 e. The van der Waals surface area contributed by atoms with Crippen molar-refractivity contribution < 1.29 is 4.57 Å². The summed E-state index contributed by atoms with van der Waals surface area (Å²) >= 11 is 0. The molecule has 1 heteroatoms. The van der Waals surface area contributed by atoms with Crippen LogP contribution in [-0.4, -0.2) is 0 Å². The number of benzene rings is 1. The van der Waals surface area contributed by atoms with Crippen LogP contribution in [0.25, 0.3) is 11.3 Å². The Morgan fingerprint density at radius 2 is 1.73 bits per heavy atom. The molecule has 0 aliphatic rings. The van der Waals surface area contributed by atoms with Crippen LogP contribution in [0.5, 0.6) is 0 Å². The third kappa shape index (κ3) is 1.91. The number of aromatic nitrogens is 1. The summed E-state index contributed by atoms with van der Waals surface area (Å²) in [4.78, 5) is 0. The van der Waals surface area contributed by atoms with Gasteiger partial charge in [-0.2, -0.15) is 0 Å². The maximum absolute atomic E-state index is 2.22. The van der Waals surface area contributed by atoms with Crippen molar-refractivity contribution in [3.8, 4) is 11.3 Å². The number of rotatable bonds is 1. The van der Waals surface area contributed by atoms with E-state index in [0.29, 0.717) is 0 Å². The van der Waals surface area contributed by atoms with Gasteiger partial charge in [0.2, 0.25) is 5.69 Å². The van der Waals surface area contributed by atoms with Gasteiger partial charge in [0.15, 0.2) is 6.20 Å². The van der Waals surface area contributed by atoms with Crippen molar-refractivity contribution in [2.45, 2.75) is 13.8 Å². The molecule has 0 aliphatic carbocycles. The van der Waals surface area contributed by atoms with Crippen molar-refractivity contribution in [2.24, 2.45) is 7.05 Å². The zero-order valence-corrected chi connectivity index (χ0v) is 9.49. The highest BCUT2D eigenvalue weighted by molar-refractivity contribution is 5.61. The van der Waals surface area contributed by atoms with Crippen LogP contribution in [0.1, 0.15) is 11.1 Å². The standard InChI is InChI=1S/C14H16N/c1-11-8-9-15(3)14(10-11)13-7-5-4-6-12(13)2/h4-10H,1-3H3/q+1. The third-order valence-electron chi connectivity index (χ3n) is 2.73. The summed E-state index contributed by atoms with van der Waals surface area (Å²) in [5, 5.41) is 0. The van der Waals surface area contributed by atoms with Crippen molar-refractivity contribution in [1.29, 1.82) is 0 Å². The van der Waals surface area contributed by atoms with Crippen LogP contribution < -0.4 is 4.57 Å². The number of aryl methyl sites for hydroxylation is 3. The summed E-state index contributed by atoms with van der Waals surface area (Å²) in [7, 11) is 2.08. The Morgan fingerprint density at radius 1 is 1.00 bits per heavy atom. The van der Waals surface area contributed by atoms with Gasteiger partial charge in [-0.3, -0.25) is 0 Å². The molecular weight excluding hydrogens is 182 g/mol. The molecule has 76 valence electrons. The predicted molar refractivity (Wildman–Crippen MR) is 62.5 cm³/mol. The van der Waals surface area contributed by atoms with Gasteiger partial charge in [0.1, 0.15) is 7.05 Å². The molecule has 1 aromatic carbocycles. The second-order valence-electron chi connectivity index (χ2n) is 4.02. The Labute approximate surface area is 91.0 Å². The summed E-state index contributed by atoms with van der Waals surface area (Å²) in [6.45, 7) is 4.28. The lowest BCUT2D eigenvalue weighted by Gasteiger charge is -2.04. The SMILES string of the molecule is Cc1cc[n+](C)c(-c2ccccc2C)c1. The molecule has 0 spiro atoms. The molecule has 2 rings (SSSR count). The van der Waals surface area contributed by atoms with E-state index in [1.807, 2.05) is 0 Å². The third-order valence-corrected chi connectivity index (χ3v) is 2.73. The lowest BCUT2D eigenvalue weighted by molar-refractivity contribution is -0.660. The monoisotopic (exact) mass is 198 g/mol. The topological polar surface area (TPSA) is 3.88 Å². The van der Waals surface area contributed by atoms with Crippen LogP contribution in [0.15, 0.2) is 42.6 Å². The molecule has 0 atom stereocenters. The Bertz CT molecular complexity index is 486. The van der Waals surface area contributed by atoms with Gasteiger partial charge in [0.05, 0.1) is 0 Å². The number of hydrogen-bond acceptors (Lipinski definition) is 0. The fraction of sp³-hybridized carbons (Fsp3) is 0.214. The van der Waals surface area contributed by atoms with Crippen LogP contribution in [0, 0.1) is 13.8 Å². The highest BCUT2D eigenvalue weighted by atomic mass is 14.9. The van der Waals surface area contributed by atoms with E-state index in [4.69, 9.17) is 0 Å². The summed E-state index contributed by atoms with van der Waals surface area (Å²) in [5.74, 6) is 0. The van der Waals surface area contributed by atoms with Crippen molar-refractivity contribution >= 4 is 0 Å². The molecule has 1 heterocycles. The molecule has 0 fully saturated rings. The lowest BCUT2D eigenvalue weighted by atomic mass is 10.0. The first-order chi connectivity index (χ1) is 7.18. The first-order valence-corrected chi connectivity index (χ1v) is 5.21.